The van der Waals surface area contributed by atoms with Gasteiger partial charge in [-0.3, -0.25) is 19.2 Å². The van der Waals surface area contributed by atoms with Crippen molar-refractivity contribution in [3.05, 3.63) is 0 Å². The summed E-state index contributed by atoms with van der Waals surface area (Å²) in [4.78, 5) is 55.0. The molecule has 12 atom stereocenters. The Labute approximate surface area is 181 Å². The SMILES string of the molecule is COC(=O)C1C2C3C4C1C15OC16C1C(=O)C7C8C1C5C(=O)C8C21OC71C3C(C(=O)OC)C46. The molecule has 8 nitrogen and oxygen atoms in total. The van der Waals surface area contributed by atoms with Crippen molar-refractivity contribution in [1.82, 2.24) is 0 Å². The highest BCUT2D eigenvalue weighted by Crippen LogP contribution is 3.02. The van der Waals surface area contributed by atoms with Crippen LogP contribution in [0.15, 0.2) is 0 Å². The van der Waals surface area contributed by atoms with E-state index in [1.165, 1.54) is 14.2 Å². The zero-order valence-corrected chi connectivity index (χ0v) is 17.3. The minimum absolute atomic E-state index is 0.00130. The van der Waals surface area contributed by atoms with Crippen LogP contribution in [0.1, 0.15) is 0 Å². The fourth-order valence-electron chi connectivity index (χ4n) is 14.2. The zero-order chi connectivity index (χ0) is 21.2. The summed E-state index contributed by atoms with van der Waals surface area (Å²) in [5.74, 6) is -2.62. The molecule has 2 heterocycles. The second-order valence-electron chi connectivity index (χ2n) is 12.6. The summed E-state index contributed by atoms with van der Waals surface area (Å²) in [5, 5.41) is 0. The third-order valence-electron chi connectivity index (χ3n) is 13.5. The predicted molar refractivity (Wildman–Crippen MR) is 96.0 cm³/mol. The number of epoxide rings is 2. The highest BCUT2D eigenvalue weighted by atomic mass is 16.7. The van der Waals surface area contributed by atoms with Crippen molar-refractivity contribution in [2.75, 3.05) is 14.2 Å². The molecule has 10 rings (SSSR count). The Bertz CT molecular complexity index is 1080. The lowest BCUT2D eigenvalue weighted by molar-refractivity contribution is -0.161. The molecular formula is C24H20O8. The van der Waals surface area contributed by atoms with Crippen LogP contribution in [0, 0.1) is 82.9 Å². The lowest BCUT2D eigenvalue weighted by Gasteiger charge is -2.36. The van der Waals surface area contributed by atoms with E-state index in [4.69, 9.17) is 18.9 Å². The van der Waals surface area contributed by atoms with E-state index < -0.39 is 22.4 Å². The molecular weight excluding hydrogens is 416 g/mol. The van der Waals surface area contributed by atoms with Crippen LogP contribution in [-0.4, -0.2) is 60.1 Å². The largest absolute Gasteiger partial charge is 0.469 e. The number of ether oxygens (including phenoxy) is 4. The summed E-state index contributed by atoms with van der Waals surface area (Å²) in [6.45, 7) is 0. The number of carbonyl (C=O) groups is 4. The van der Waals surface area contributed by atoms with Gasteiger partial charge in [0.15, 0.2) is 0 Å². The smallest absolute Gasteiger partial charge is 0.309 e. The Morgan fingerprint density at radius 3 is 1.22 bits per heavy atom. The van der Waals surface area contributed by atoms with Gasteiger partial charge in [-0.1, -0.05) is 0 Å². The molecule has 0 bridgehead atoms. The molecule has 2 aliphatic heterocycles. The summed E-state index contributed by atoms with van der Waals surface area (Å²) in [6, 6.07) is 0. The minimum atomic E-state index is -0.778. The fraction of sp³-hybridized carbons (Fsp3) is 0.833. The first kappa shape index (κ1) is 15.9. The molecule has 8 heteroatoms. The van der Waals surface area contributed by atoms with E-state index >= 15 is 0 Å². The van der Waals surface area contributed by atoms with Gasteiger partial charge in [0, 0.05) is 23.7 Å². The molecule has 12 unspecified atom stereocenters. The minimum Gasteiger partial charge on any atom is -0.469 e. The van der Waals surface area contributed by atoms with Gasteiger partial charge in [0.1, 0.15) is 34.0 Å². The van der Waals surface area contributed by atoms with Gasteiger partial charge in [-0.25, -0.2) is 0 Å². The highest BCUT2D eigenvalue weighted by Gasteiger charge is 3.13. The average Bonchev–Trinajstić information content (AvgIpc) is 3.11. The van der Waals surface area contributed by atoms with Crippen LogP contribution < -0.4 is 0 Å². The number of esters is 2. The van der Waals surface area contributed by atoms with Crippen LogP contribution >= 0.6 is 0 Å². The molecule has 10 aliphatic rings. The normalized spacial score (nSPS) is 77.1. The maximum Gasteiger partial charge on any atom is 0.309 e. The number of ketones is 2. The van der Waals surface area contributed by atoms with E-state index in [0.717, 1.165) is 0 Å². The van der Waals surface area contributed by atoms with Crippen LogP contribution in [0.5, 0.6) is 0 Å². The molecule has 8 saturated carbocycles. The van der Waals surface area contributed by atoms with E-state index in [-0.39, 0.29) is 106 Å². The van der Waals surface area contributed by atoms with Crippen molar-refractivity contribution in [2.45, 2.75) is 22.4 Å². The Morgan fingerprint density at radius 1 is 0.625 bits per heavy atom. The Kier molecular flexibility index (Phi) is 1.80. The number of hydrogen-bond donors (Lipinski definition) is 0. The first-order valence-corrected chi connectivity index (χ1v) is 12.1. The maximum absolute atomic E-state index is 14.1. The second kappa shape index (κ2) is 3.61. The molecule has 0 aromatic carbocycles. The number of carbonyl (C=O) groups excluding carboxylic acids is 4. The van der Waals surface area contributed by atoms with Crippen LogP contribution in [0.2, 0.25) is 0 Å². The lowest BCUT2D eigenvalue weighted by atomic mass is 9.62. The molecule has 0 N–H and O–H groups in total. The second-order valence-corrected chi connectivity index (χ2v) is 12.6. The van der Waals surface area contributed by atoms with Gasteiger partial charge < -0.3 is 18.9 Å². The number of methoxy groups -OCH3 is 2. The molecule has 0 aromatic heterocycles. The monoisotopic (exact) mass is 436 g/mol. The molecule has 0 spiro atoms. The topological polar surface area (TPSA) is 112 Å². The summed E-state index contributed by atoms with van der Waals surface area (Å²) in [6.07, 6.45) is 0. The van der Waals surface area contributed by atoms with Crippen LogP contribution in [0.4, 0.5) is 0 Å². The fourth-order valence-corrected chi connectivity index (χ4v) is 14.2. The molecule has 2 saturated heterocycles. The van der Waals surface area contributed by atoms with Crippen molar-refractivity contribution in [2.24, 2.45) is 82.9 Å². The number of Topliss-reactive ketones (excluding diaryl/α,β-unsaturated/α-hetero) is 2. The molecule has 0 amide bonds. The Hall–Kier alpha value is -1.80. The van der Waals surface area contributed by atoms with E-state index in [9.17, 15) is 19.2 Å². The van der Waals surface area contributed by atoms with Gasteiger partial charge in [-0.2, -0.15) is 0 Å². The van der Waals surface area contributed by atoms with Crippen LogP contribution in [0.25, 0.3) is 0 Å². The van der Waals surface area contributed by atoms with Gasteiger partial charge >= 0.3 is 11.9 Å². The Balaban J connectivity index is 1.35. The van der Waals surface area contributed by atoms with Crippen molar-refractivity contribution < 1.29 is 38.1 Å². The van der Waals surface area contributed by atoms with Crippen molar-refractivity contribution >= 4 is 23.5 Å². The van der Waals surface area contributed by atoms with Gasteiger partial charge in [0.2, 0.25) is 0 Å². The summed E-state index contributed by atoms with van der Waals surface area (Å²) in [5.41, 5.74) is -3.11. The van der Waals surface area contributed by atoms with E-state index in [0.29, 0.717) is 0 Å². The number of hydrogen-bond acceptors (Lipinski definition) is 8. The summed E-state index contributed by atoms with van der Waals surface area (Å²) >= 11 is 0. The van der Waals surface area contributed by atoms with Crippen LogP contribution in [0.3, 0.4) is 0 Å². The van der Waals surface area contributed by atoms with E-state index in [2.05, 4.69) is 0 Å². The predicted octanol–water partition coefficient (Wildman–Crippen LogP) is -0.765. The maximum atomic E-state index is 14.1. The average molecular weight is 436 g/mol. The first-order chi connectivity index (χ1) is 15.4. The lowest BCUT2D eigenvalue weighted by Crippen LogP contribution is -2.53. The van der Waals surface area contributed by atoms with Gasteiger partial charge in [-0.05, 0) is 23.7 Å². The summed E-state index contributed by atoms with van der Waals surface area (Å²) in [7, 11) is 2.87. The van der Waals surface area contributed by atoms with Gasteiger partial charge in [-0.15, -0.1) is 0 Å². The Morgan fingerprint density at radius 2 is 0.938 bits per heavy atom. The number of rotatable bonds is 2. The third kappa shape index (κ3) is 0.855. The summed E-state index contributed by atoms with van der Waals surface area (Å²) < 4.78 is 24.2. The standard InChI is InChI=1S/C24H20O8/c1-29-19(27)7-9-3-4-10(7)22-14-6-5-13(17(14)25)21(9)23(31-21)11(3)8(20(28)30-2)12(4)24(22,32-22)16(6)18(26)15(5)23/h3-16H,1-2H3. The molecule has 10 fully saturated rings. The molecule has 0 radical (unpaired) electrons. The molecule has 0 aromatic rings. The zero-order valence-electron chi connectivity index (χ0n) is 17.3. The van der Waals surface area contributed by atoms with E-state index in [1.807, 2.05) is 0 Å². The molecule has 164 valence electrons. The third-order valence-corrected chi connectivity index (χ3v) is 13.5. The van der Waals surface area contributed by atoms with Crippen molar-refractivity contribution in [1.29, 1.82) is 0 Å². The van der Waals surface area contributed by atoms with Crippen molar-refractivity contribution in [3.8, 4) is 0 Å². The van der Waals surface area contributed by atoms with Gasteiger partial charge in [0.05, 0.1) is 49.7 Å². The van der Waals surface area contributed by atoms with E-state index in [1.54, 1.807) is 0 Å². The molecule has 8 aliphatic carbocycles. The quantitative estimate of drug-likeness (QED) is 0.410. The van der Waals surface area contributed by atoms with Gasteiger partial charge in [0.25, 0.3) is 0 Å². The van der Waals surface area contributed by atoms with Crippen LogP contribution in [-0.2, 0) is 38.1 Å². The molecule has 32 heavy (non-hydrogen) atoms. The highest BCUT2D eigenvalue weighted by molar-refractivity contribution is 6.05. The van der Waals surface area contributed by atoms with Crippen molar-refractivity contribution in [3.63, 3.8) is 0 Å². The first-order valence-electron chi connectivity index (χ1n) is 12.1.